The van der Waals surface area contributed by atoms with Gasteiger partial charge in [0.2, 0.25) is 17.7 Å². The standard InChI is InChI=1S/C33H35Cl2N7O4/c1-44-20-16-42(17-20)18-28-33(46-3)41-26(15-38-28)24-9-5-7-22(31(24)35)21-6-4-8-23(30(21)34)25-14-37-27(32(40-25)45-2)13-36-12-19-10-11-29(43)39-19/h4-9,14-15,19-20,36H,10-13,16-18H2,1-3H3,(H,39,43)/t19-/m0/s1. The van der Waals surface area contributed by atoms with Gasteiger partial charge in [0, 0.05) is 74.6 Å². The van der Waals surface area contributed by atoms with Gasteiger partial charge in [-0.25, -0.2) is 9.97 Å². The summed E-state index contributed by atoms with van der Waals surface area (Å²) in [5, 5.41) is 7.24. The minimum Gasteiger partial charge on any atom is -0.480 e. The largest absolute Gasteiger partial charge is 0.480 e. The van der Waals surface area contributed by atoms with Gasteiger partial charge < -0.3 is 24.8 Å². The number of ether oxygens (including phenoxy) is 3. The van der Waals surface area contributed by atoms with E-state index in [9.17, 15) is 4.79 Å². The third kappa shape index (κ3) is 6.79. The van der Waals surface area contributed by atoms with Crippen LogP contribution in [0.25, 0.3) is 33.6 Å². The molecule has 0 radical (unpaired) electrons. The van der Waals surface area contributed by atoms with Crippen LogP contribution in [0.15, 0.2) is 48.8 Å². The molecule has 1 amide bonds. The minimum absolute atomic E-state index is 0.0859. The summed E-state index contributed by atoms with van der Waals surface area (Å²) >= 11 is 14.1. The maximum absolute atomic E-state index is 11.5. The zero-order chi connectivity index (χ0) is 32.2. The van der Waals surface area contributed by atoms with Crippen molar-refractivity contribution in [3.8, 4) is 45.4 Å². The summed E-state index contributed by atoms with van der Waals surface area (Å²) in [6.45, 7) is 3.40. The lowest BCUT2D eigenvalue weighted by atomic mass is 9.98. The molecule has 6 rings (SSSR count). The van der Waals surface area contributed by atoms with Crippen molar-refractivity contribution in [2.45, 2.75) is 38.1 Å². The fourth-order valence-electron chi connectivity index (χ4n) is 5.69. The lowest BCUT2D eigenvalue weighted by Gasteiger charge is -2.37. The van der Waals surface area contributed by atoms with E-state index < -0.39 is 0 Å². The number of methoxy groups -OCH3 is 3. The van der Waals surface area contributed by atoms with E-state index in [4.69, 9.17) is 47.4 Å². The first-order valence-corrected chi connectivity index (χ1v) is 15.8. The zero-order valence-corrected chi connectivity index (χ0v) is 27.4. The summed E-state index contributed by atoms with van der Waals surface area (Å²) < 4.78 is 16.6. The Morgan fingerprint density at radius 1 is 0.870 bits per heavy atom. The van der Waals surface area contributed by atoms with Crippen LogP contribution in [0.1, 0.15) is 24.2 Å². The fraction of sp³-hybridized carbons (Fsp3) is 0.364. The third-order valence-electron chi connectivity index (χ3n) is 8.25. The molecule has 4 heterocycles. The molecule has 2 fully saturated rings. The number of carbonyl (C=O) groups excluding carboxylic acids is 1. The van der Waals surface area contributed by atoms with E-state index in [1.165, 1.54) is 0 Å². The highest BCUT2D eigenvalue weighted by atomic mass is 35.5. The number of hydrogen-bond acceptors (Lipinski definition) is 10. The van der Waals surface area contributed by atoms with Crippen LogP contribution in [0, 0.1) is 0 Å². The molecular weight excluding hydrogens is 629 g/mol. The van der Waals surface area contributed by atoms with Gasteiger partial charge in [0.25, 0.3) is 0 Å². The highest BCUT2D eigenvalue weighted by Gasteiger charge is 2.28. The number of rotatable bonds is 12. The van der Waals surface area contributed by atoms with Crippen LogP contribution in [0.3, 0.4) is 0 Å². The molecule has 240 valence electrons. The number of carbonyl (C=O) groups is 1. The number of likely N-dealkylation sites (tertiary alicyclic amines) is 1. The molecule has 11 nitrogen and oxygen atoms in total. The van der Waals surface area contributed by atoms with Gasteiger partial charge in [0.1, 0.15) is 11.4 Å². The number of aromatic nitrogens is 4. The number of benzene rings is 2. The van der Waals surface area contributed by atoms with Gasteiger partial charge in [-0.2, -0.15) is 0 Å². The number of halogens is 2. The van der Waals surface area contributed by atoms with Gasteiger partial charge in [0.05, 0.1) is 54.2 Å². The molecular formula is C33H35Cl2N7O4. The fourth-order valence-corrected chi connectivity index (χ4v) is 6.34. The molecule has 0 unspecified atom stereocenters. The zero-order valence-electron chi connectivity index (χ0n) is 25.8. The Hall–Kier alpha value is -3.87. The number of nitrogens with one attached hydrogen (secondary N) is 2. The maximum Gasteiger partial charge on any atom is 0.237 e. The molecule has 4 aromatic rings. The van der Waals surface area contributed by atoms with E-state index >= 15 is 0 Å². The summed E-state index contributed by atoms with van der Waals surface area (Å²) in [5.74, 6) is 0.935. The van der Waals surface area contributed by atoms with Gasteiger partial charge in [-0.15, -0.1) is 0 Å². The second-order valence-electron chi connectivity index (χ2n) is 11.2. The van der Waals surface area contributed by atoms with Crippen LogP contribution in [-0.2, 0) is 22.6 Å². The summed E-state index contributed by atoms with van der Waals surface area (Å²) in [4.78, 5) is 32.5. The van der Waals surface area contributed by atoms with Crippen molar-refractivity contribution >= 4 is 29.1 Å². The highest BCUT2D eigenvalue weighted by Crippen LogP contribution is 2.42. The van der Waals surface area contributed by atoms with Crippen LogP contribution in [-0.4, -0.2) is 83.9 Å². The van der Waals surface area contributed by atoms with Crippen molar-refractivity contribution in [1.29, 1.82) is 0 Å². The molecule has 2 aliphatic rings. The molecule has 0 aliphatic carbocycles. The smallest absolute Gasteiger partial charge is 0.237 e. The van der Waals surface area contributed by atoms with Gasteiger partial charge in [-0.05, 0) is 6.42 Å². The molecule has 2 saturated heterocycles. The van der Waals surface area contributed by atoms with E-state index in [-0.39, 0.29) is 18.1 Å². The molecule has 0 bridgehead atoms. The monoisotopic (exact) mass is 663 g/mol. The molecule has 46 heavy (non-hydrogen) atoms. The third-order valence-corrected chi connectivity index (χ3v) is 9.06. The summed E-state index contributed by atoms with van der Waals surface area (Å²) in [6.07, 6.45) is 5.03. The highest BCUT2D eigenvalue weighted by molar-refractivity contribution is 6.39. The number of hydrogen-bond donors (Lipinski definition) is 2. The summed E-state index contributed by atoms with van der Waals surface area (Å²) in [7, 11) is 4.87. The molecule has 13 heteroatoms. The van der Waals surface area contributed by atoms with Crippen molar-refractivity contribution in [3.63, 3.8) is 0 Å². The van der Waals surface area contributed by atoms with E-state index in [0.717, 1.165) is 36.3 Å². The maximum atomic E-state index is 11.5. The van der Waals surface area contributed by atoms with E-state index in [2.05, 4.69) is 25.5 Å². The van der Waals surface area contributed by atoms with Gasteiger partial charge in [-0.3, -0.25) is 19.7 Å². The first-order chi connectivity index (χ1) is 22.4. The van der Waals surface area contributed by atoms with Gasteiger partial charge in [0.15, 0.2) is 0 Å². The Morgan fingerprint density at radius 2 is 1.43 bits per heavy atom. The van der Waals surface area contributed by atoms with Crippen LogP contribution in [0.2, 0.25) is 10.0 Å². The van der Waals surface area contributed by atoms with Crippen molar-refractivity contribution in [2.75, 3.05) is 41.0 Å². The predicted octanol–water partition coefficient (Wildman–Crippen LogP) is 4.79. The van der Waals surface area contributed by atoms with Gasteiger partial charge >= 0.3 is 0 Å². The topological polar surface area (TPSA) is 124 Å². The predicted molar refractivity (Wildman–Crippen MR) is 176 cm³/mol. The summed E-state index contributed by atoms with van der Waals surface area (Å²) in [6, 6.07) is 11.5. The Balaban J connectivity index is 1.23. The first-order valence-electron chi connectivity index (χ1n) is 15.0. The van der Waals surface area contributed by atoms with E-state index in [0.29, 0.717) is 76.1 Å². The van der Waals surface area contributed by atoms with Crippen molar-refractivity contribution in [3.05, 3.63) is 70.2 Å². The Morgan fingerprint density at radius 3 is 1.98 bits per heavy atom. The quantitative estimate of drug-likeness (QED) is 0.219. The molecule has 1 atom stereocenters. The Bertz CT molecular complexity index is 1730. The second-order valence-corrected chi connectivity index (χ2v) is 12.0. The first kappa shape index (κ1) is 32.1. The van der Waals surface area contributed by atoms with Gasteiger partial charge in [-0.1, -0.05) is 59.6 Å². The van der Waals surface area contributed by atoms with Crippen molar-refractivity contribution in [1.82, 2.24) is 35.5 Å². The molecule has 2 aromatic carbocycles. The van der Waals surface area contributed by atoms with Crippen LogP contribution >= 0.6 is 23.2 Å². The van der Waals surface area contributed by atoms with Crippen LogP contribution in [0.4, 0.5) is 0 Å². The van der Waals surface area contributed by atoms with Crippen molar-refractivity contribution in [2.24, 2.45) is 0 Å². The van der Waals surface area contributed by atoms with E-state index in [1.807, 2.05) is 36.4 Å². The van der Waals surface area contributed by atoms with Crippen LogP contribution < -0.4 is 20.1 Å². The molecule has 0 saturated carbocycles. The normalized spacial score (nSPS) is 16.7. The molecule has 0 spiro atoms. The lowest BCUT2D eigenvalue weighted by Crippen LogP contribution is -2.51. The SMILES string of the molecule is COc1nc(-c2cccc(-c3cccc(-c4cnc(CN5CC(OC)C5)c(OC)n4)c3Cl)c2Cl)cnc1CNC[C@@H]1CCC(=O)N1. The minimum atomic E-state index is 0.0859. The Labute approximate surface area is 277 Å². The lowest BCUT2D eigenvalue weighted by molar-refractivity contribution is -0.119. The van der Waals surface area contributed by atoms with Crippen LogP contribution in [0.5, 0.6) is 11.8 Å². The average Bonchev–Trinajstić information content (AvgIpc) is 3.47. The van der Waals surface area contributed by atoms with E-state index in [1.54, 1.807) is 33.7 Å². The molecule has 2 N–H and O–H groups in total. The Kier molecular flexibility index (Phi) is 9.95. The molecule has 2 aliphatic heterocycles. The molecule has 2 aromatic heterocycles. The average molecular weight is 665 g/mol. The number of amides is 1. The summed E-state index contributed by atoms with van der Waals surface area (Å²) in [5.41, 5.74) is 5.43. The van der Waals surface area contributed by atoms with Crippen molar-refractivity contribution < 1.29 is 19.0 Å². The number of nitrogens with zero attached hydrogens (tertiary/aromatic N) is 5. The second kappa shape index (κ2) is 14.3.